The molecule has 0 heterocycles. The second-order valence-corrected chi connectivity index (χ2v) is 3.82. The Labute approximate surface area is 91.8 Å². The molecule has 0 radical (unpaired) electrons. The van der Waals surface area contributed by atoms with Crippen LogP contribution in [-0.2, 0) is 9.53 Å². The molecule has 84 valence electrons. The molecule has 3 nitrogen and oxygen atoms in total. The summed E-state index contributed by atoms with van der Waals surface area (Å²) in [5, 5.41) is 0. The lowest BCUT2D eigenvalue weighted by molar-refractivity contribution is -0.141. The van der Waals surface area contributed by atoms with Crippen LogP contribution in [0.5, 0.6) is 0 Å². The minimum atomic E-state index is -0.113. The van der Waals surface area contributed by atoms with Crippen LogP contribution in [0.4, 0.5) is 0 Å². The molecule has 2 atom stereocenters. The van der Waals surface area contributed by atoms with Gasteiger partial charge in [0.15, 0.2) is 0 Å². The monoisotopic (exact) mass is 221 g/mol. The Morgan fingerprint density at radius 2 is 2.07 bits per heavy atom. The maximum absolute atomic E-state index is 10.9. The number of methoxy groups -OCH3 is 1. The Bertz CT molecular complexity index is 176. The van der Waals surface area contributed by atoms with Gasteiger partial charge in [0, 0.05) is 12.5 Å². The summed E-state index contributed by atoms with van der Waals surface area (Å²) >= 11 is 0. The molecule has 0 bridgehead atoms. The predicted octanol–water partition coefficient (Wildman–Crippen LogP) is 1.88. The molecule has 14 heavy (non-hydrogen) atoms. The molecule has 0 saturated heterocycles. The Kier molecular flexibility index (Phi) is 6.93. The first-order valence-electron chi connectivity index (χ1n) is 5.06. The normalized spacial score (nSPS) is 26.4. The van der Waals surface area contributed by atoms with E-state index in [2.05, 4.69) is 4.74 Å². The summed E-state index contributed by atoms with van der Waals surface area (Å²) in [5.74, 6) is 0.422. The van der Waals surface area contributed by atoms with Crippen molar-refractivity contribution in [3.8, 4) is 0 Å². The zero-order valence-electron chi connectivity index (χ0n) is 8.70. The summed E-state index contributed by atoms with van der Waals surface area (Å²) in [7, 11) is 1.43. The van der Waals surface area contributed by atoms with E-state index in [1.54, 1.807) is 0 Å². The molecule has 0 aromatic rings. The average molecular weight is 222 g/mol. The van der Waals surface area contributed by atoms with Gasteiger partial charge in [-0.05, 0) is 25.2 Å². The van der Waals surface area contributed by atoms with Crippen molar-refractivity contribution in [1.29, 1.82) is 0 Å². The molecule has 0 aliphatic heterocycles. The van der Waals surface area contributed by atoms with Crippen LogP contribution in [0.3, 0.4) is 0 Å². The molecule has 2 N–H and O–H groups in total. The summed E-state index contributed by atoms with van der Waals surface area (Å²) in [4.78, 5) is 10.9. The Morgan fingerprint density at radius 3 is 2.64 bits per heavy atom. The van der Waals surface area contributed by atoms with Crippen molar-refractivity contribution in [2.24, 2.45) is 11.7 Å². The molecular weight excluding hydrogens is 202 g/mol. The third kappa shape index (κ3) is 4.29. The highest BCUT2D eigenvalue weighted by molar-refractivity contribution is 5.85. The van der Waals surface area contributed by atoms with E-state index in [0.717, 1.165) is 12.8 Å². The summed E-state index contributed by atoms with van der Waals surface area (Å²) < 4.78 is 4.60. The number of esters is 1. The molecular formula is C10H20ClNO2. The van der Waals surface area contributed by atoms with Gasteiger partial charge in [-0.2, -0.15) is 0 Å². The minimum Gasteiger partial charge on any atom is -0.469 e. The number of halogens is 1. The highest BCUT2D eigenvalue weighted by Crippen LogP contribution is 2.26. The Morgan fingerprint density at radius 1 is 1.43 bits per heavy atom. The third-order valence-corrected chi connectivity index (χ3v) is 2.91. The molecule has 0 amide bonds. The van der Waals surface area contributed by atoms with Crippen LogP contribution in [0.2, 0.25) is 0 Å². The van der Waals surface area contributed by atoms with E-state index < -0.39 is 0 Å². The lowest BCUT2D eigenvalue weighted by atomic mass is 9.82. The molecule has 2 unspecified atom stereocenters. The maximum Gasteiger partial charge on any atom is 0.305 e. The van der Waals surface area contributed by atoms with Gasteiger partial charge in [-0.15, -0.1) is 12.4 Å². The summed E-state index contributed by atoms with van der Waals surface area (Å²) in [6.07, 6.45) is 6.22. The Balaban J connectivity index is 0.00000169. The number of nitrogens with two attached hydrogens (primary N) is 1. The van der Waals surface area contributed by atoms with Crippen LogP contribution in [0, 0.1) is 5.92 Å². The van der Waals surface area contributed by atoms with Crippen molar-refractivity contribution >= 4 is 18.4 Å². The van der Waals surface area contributed by atoms with E-state index in [0.29, 0.717) is 18.4 Å². The number of hydrogen-bond acceptors (Lipinski definition) is 3. The van der Waals surface area contributed by atoms with Crippen LogP contribution in [0.1, 0.15) is 38.5 Å². The van der Waals surface area contributed by atoms with Crippen molar-refractivity contribution in [3.63, 3.8) is 0 Å². The summed E-state index contributed by atoms with van der Waals surface area (Å²) in [6, 6.07) is 0.304. The van der Waals surface area contributed by atoms with Gasteiger partial charge in [-0.3, -0.25) is 4.79 Å². The number of carbonyl (C=O) groups is 1. The number of hydrogen-bond donors (Lipinski definition) is 1. The molecule has 1 rings (SSSR count). The van der Waals surface area contributed by atoms with Crippen LogP contribution in [-0.4, -0.2) is 19.1 Å². The summed E-state index contributed by atoms with van der Waals surface area (Å²) in [6.45, 7) is 0. The number of ether oxygens (including phenoxy) is 1. The van der Waals surface area contributed by atoms with E-state index in [9.17, 15) is 4.79 Å². The van der Waals surface area contributed by atoms with Gasteiger partial charge in [0.05, 0.1) is 7.11 Å². The molecule has 1 aliphatic carbocycles. The molecule has 4 heteroatoms. The fourth-order valence-corrected chi connectivity index (χ4v) is 2.00. The second-order valence-electron chi connectivity index (χ2n) is 3.82. The van der Waals surface area contributed by atoms with E-state index >= 15 is 0 Å². The number of rotatable bonds is 3. The smallest absolute Gasteiger partial charge is 0.305 e. The number of carbonyl (C=O) groups excluding carboxylic acids is 1. The van der Waals surface area contributed by atoms with Crippen molar-refractivity contribution in [2.45, 2.75) is 44.6 Å². The van der Waals surface area contributed by atoms with E-state index in [-0.39, 0.29) is 18.4 Å². The van der Waals surface area contributed by atoms with Crippen molar-refractivity contribution in [2.75, 3.05) is 7.11 Å². The van der Waals surface area contributed by atoms with E-state index in [1.165, 1.54) is 26.4 Å². The fraction of sp³-hybridized carbons (Fsp3) is 0.900. The predicted molar refractivity (Wildman–Crippen MR) is 58.4 cm³/mol. The van der Waals surface area contributed by atoms with E-state index in [4.69, 9.17) is 5.73 Å². The topological polar surface area (TPSA) is 52.3 Å². The minimum absolute atomic E-state index is 0. The van der Waals surface area contributed by atoms with Gasteiger partial charge in [0.2, 0.25) is 0 Å². The van der Waals surface area contributed by atoms with Crippen molar-refractivity contribution in [1.82, 2.24) is 0 Å². The van der Waals surface area contributed by atoms with Crippen LogP contribution >= 0.6 is 12.4 Å². The first-order valence-corrected chi connectivity index (χ1v) is 5.06. The molecule has 0 spiro atoms. The summed E-state index contributed by atoms with van der Waals surface area (Å²) in [5.41, 5.74) is 5.95. The molecule has 0 aromatic heterocycles. The van der Waals surface area contributed by atoms with Crippen LogP contribution < -0.4 is 5.73 Å². The Hall–Kier alpha value is -0.280. The first kappa shape index (κ1) is 13.7. The zero-order chi connectivity index (χ0) is 9.68. The van der Waals surface area contributed by atoms with Gasteiger partial charge < -0.3 is 10.5 Å². The lowest BCUT2D eigenvalue weighted by Crippen LogP contribution is -2.33. The molecule has 1 saturated carbocycles. The van der Waals surface area contributed by atoms with Gasteiger partial charge in [-0.1, -0.05) is 12.8 Å². The van der Waals surface area contributed by atoms with Gasteiger partial charge >= 0.3 is 5.97 Å². The highest BCUT2D eigenvalue weighted by atomic mass is 35.5. The van der Waals surface area contributed by atoms with Crippen LogP contribution in [0.25, 0.3) is 0 Å². The molecule has 1 aliphatic rings. The van der Waals surface area contributed by atoms with Crippen molar-refractivity contribution < 1.29 is 9.53 Å². The zero-order valence-corrected chi connectivity index (χ0v) is 9.52. The van der Waals surface area contributed by atoms with Crippen LogP contribution in [0.15, 0.2) is 0 Å². The fourth-order valence-electron chi connectivity index (χ4n) is 2.00. The largest absolute Gasteiger partial charge is 0.469 e. The molecule has 1 fully saturated rings. The lowest BCUT2D eigenvalue weighted by Gasteiger charge is -2.28. The van der Waals surface area contributed by atoms with Gasteiger partial charge in [0.1, 0.15) is 0 Å². The van der Waals surface area contributed by atoms with Gasteiger partial charge in [-0.25, -0.2) is 0 Å². The third-order valence-electron chi connectivity index (χ3n) is 2.91. The maximum atomic E-state index is 10.9. The second kappa shape index (κ2) is 7.07. The highest BCUT2D eigenvalue weighted by Gasteiger charge is 2.22. The van der Waals surface area contributed by atoms with Crippen molar-refractivity contribution in [3.05, 3.63) is 0 Å². The average Bonchev–Trinajstić information content (AvgIpc) is 2.16. The molecule has 0 aromatic carbocycles. The standard InChI is InChI=1S/C10H19NO2.ClH/c1-13-10(12)7-6-8-4-2-3-5-9(8)11;/h8-9H,2-7,11H2,1H3;1H. The van der Waals surface area contributed by atoms with Gasteiger partial charge in [0.25, 0.3) is 0 Å². The van der Waals surface area contributed by atoms with E-state index in [1.807, 2.05) is 0 Å². The SMILES string of the molecule is COC(=O)CCC1CCCCC1N.Cl. The first-order chi connectivity index (χ1) is 6.24. The quantitative estimate of drug-likeness (QED) is 0.741.